The molecule has 1 unspecified atom stereocenters. The molecule has 1 amide bonds. The third kappa shape index (κ3) is 6.88. The lowest BCUT2D eigenvalue weighted by molar-refractivity contribution is -0.148. The fourth-order valence-electron chi connectivity index (χ4n) is 1.28. The van der Waals surface area contributed by atoms with Gasteiger partial charge in [-0.1, -0.05) is 6.92 Å². The van der Waals surface area contributed by atoms with Gasteiger partial charge in [-0.2, -0.15) is 0 Å². The molecule has 18 heavy (non-hydrogen) atoms. The second-order valence-corrected chi connectivity index (χ2v) is 3.57. The van der Waals surface area contributed by atoms with E-state index in [4.69, 9.17) is 9.47 Å². The Kier molecular flexibility index (Phi) is 8.61. The average Bonchev–Trinajstić information content (AvgIpc) is 2.34. The number of esters is 2. The van der Waals surface area contributed by atoms with Crippen LogP contribution in [0.2, 0.25) is 0 Å². The maximum atomic E-state index is 11.6. The van der Waals surface area contributed by atoms with Gasteiger partial charge in [0.1, 0.15) is 6.04 Å². The third-order valence-corrected chi connectivity index (χ3v) is 2.17. The second kappa shape index (κ2) is 9.44. The van der Waals surface area contributed by atoms with Crippen molar-refractivity contribution in [3.8, 4) is 0 Å². The molecule has 0 spiro atoms. The topological polar surface area (TPSA) is 81.7 Å². The number of nitrogens with one attached hydrogen (secondary N) is 1. The molecule has 0 rings (SSSR count). The Bertz CT molecular complexity index is 290. The molecule has 0 radical (unpaired) electrons. The standard InChI is InChI=1S/C12H21NO5/c1-4-10(14)13-9(12(16)18-6-3)7-8-11(15)17-5-2/h9H,4-8H2,1-3H3,(H,13,14). The molecule has 0 aliphatic heterocycles. The summed E-state index contributed by atoms with van der Waals surface area (Å²) in [6.45, 7) is 5.60. The molecule has 0 aromatic rings. The Morgan fingerprint density at radius 3 is 2.17 bits per heavy atom. The van der Waals surface area contributed by atoms with E-state index in [-0.39, 0.29) is 31.8 Å². The Labute approximate surface area is 107 Å². The van der Waals surface area contributed by atoms with Crippen molar-refractivity contribution < 1.29 is 23.9 Å². The van der Waals surface area contributed by atoms with Crippen LogP contribution in [0.3, 0.4) is 0 Å². The molecule has 0 aromatic heterocycles. The molecular formula is C12H21NO5. The number of amides is 1. The van der Waals surface area contributed by atoms with Gasteiger partial charge in [-0.25, -0.2) is 4.79 Å². The first-order valence-electron chi connectivity index (χ1n) is 6.16. The summed E-state index contributed by atoms with van der Waals surface area (Å²) in [5.41, 5.74) is 0. The highest BCUT2D eigenvalue weighted by atomic mass is 16.5. The molecular weight excluding hydrogens is 238 g/mol. The zero-order chi connectivity index (χ0) is 14.0. The van der Waals surface area contributed by atoms with Gasteiger partial charge in [-0.05, 0) is 20.3 Å². The minimum absolute atomic E-state index is 0.0707. The summed E-state index contributed by atoms with van der Waals surface area (Å²) in [5.74, 6) is -1.17. The van der Waals surface area contributed by atoms with Gasteiger partial charge in [0.05, 0.1) is 13.2 Å². The van der Waals surface area contributed by atoms with Crippen LogP contribution in [0, 0.1) is 0 Å². The Hall–Kier alpha value is -1.59. The van der Waals surface area contributed by atoms with E-state index < -0.39 is 18.0 Å². The van der Waals surface area contributed by atoms with E-state index in [1.54, 1.807) is 20.8 Å². The molecule has 0 saturated heterocycles. The van der Waals surface area contributed by atoms with E-state index in [1.165, 1.54) is 0 Å². The first-order chi connectivity index (χ1) is 8.54. The molecule has 0 fully saturated rings. The molecule has 0 bridgehead atoms. The smallest absolute Gasteiger partial charge is 0.328 e. The van der Waals surface area contributed by atoms with E-state index >= 15 is 0 Å². The van der Waals surface area contributed by atoms with E-state index in [0.29, 0.717) is 6.61 Å². The fourth-order valence-corrected chi connectivity index (χ4v) is 1.28. The van der Waals surface area contributed by atoms with Crippen LogP contribution in [0.15, 0.2) is 0 Å². The van der Waals surface area contributed by atoms with Crippen molar-refractivity contribution in [3.05, 3.63) is 0 Å². The normalized spacial score (nSPS) is 11.5. The van der Waals surface area contributed by atoms with Crippen molar-refractivity contribution in [2.75, 3.05) is 13.2 Å². The van der Waals surface area contributed by atoms with Crippen LogP contribution in [-0.4, -0.2) is 37.1 Å². The molecule has 104 valence electrons. The number of rotatable bonds is 8. The van der Waals surface area contributed by atoms with Gasteiger partial charge in [0.15, 0.2) is 0 Å². The largest absolute Gasteiger partial charge is 0.466 e. The zero-order valence-electron chi connectivity index (χ0n) is 11.2. The van der Waals surface area contributed by atoms with Crippen molar-refractivity contribution in [1.82, 2.24) is 5.32 Å². The van der Waals surface area contributed by atoms with Gasteiger partial charge in [0.2, 0.25) is 5.91 Å². The molecule has 6 heteroatoms. The van der Waals surface area contributed by atoms with Crippen molar-refractivity contribution in [1.29, 1.82) is 0 Å². The maximum absolute atomic E-state index is 11.6. The van der Waals surface area contributed by atoms with Gasteiger partial charge in [0.25, 0.3) is 0 Å². The van der Waals surface area contributed by atoms with Crippen LogP contribution in [0.25, 0.3) is 0 Å². The van der Waals surface area contributed by atoms with Crippen LogP contribution in [-0.2, 0) is 23.9 Å². The number of carbonyl (C=O) groups is 3. The van der Waals surface area contributed by atoms with Crippen LogP contribution >= 0.6 is 0 Å². The SMILES string of the molecule is CCOC(=O)CCC(NC(=O)CC)C(=O)OCC. The molecule has 0 aliphatic rings. The van der Waals surface area contributed by atoms with E-state index in [0.717, 1.165) is 0 Å². The second-order valence-electron chi connectivity index (χ2n) is 3.57. The van der Waals surface area contributed by atoms with Gasteiger partial charge in [0, 0.05) is 12.8 Å². The lowest BCUT2D eigenvalue weighted by Crippen LogP contribution is -2.42. The first kappa shape index (κ1) is 16.4. The minimum Gasteiger partial charge on any atom is -0.466 e. The monoisotopic (exact) mass is 259 g/mol. The highest BCUT2D eigenvalue weighted by Gasteiger charge is 2.22. The minimum atomic E-state index is -0.790. The molecule has 0 aromatic carbocycles. The number of ether oxygens (including phenoxy) is 2. The Morgan fingerprint density at radius 2 is 1.67 bits per heavy atom. The lowest BCUT2D eigenvalue weighted by Gasteiger charge is -2.16. The van der Waals surface area contributed by atoms with E-state index in [9.17, 15) is 14.4 Å². The maximum Gasteiger partial charge on any atom is 0.328 e. The van der Waals surface area contributed by atoms with Crippen LogP contribution < -0.4 is 5.32 Å². The summed E-state index contributed by atoms with van der Waals surface area (Å²) >= 11 is 0. The van der Waals surface area contributed by atoms with Crippen LogP contribution in [0.5, 0.6) is 0 Å². The molecule has 0 saturated carbocycles. The highest BCUT2D eigenvalue weighted by Crippen LogP contribution is 2.03. The van der Waals surface area contributed by atoms with Gasteiger partial charge < -0.3 is 14.8 Å². The number of hydrogen-bond acceptors (Lipinski definition) is 5. The number of hydrogen-bond donors (Lipinski definition) is 1. The molecule has 0 aliphatic carbocycles. The van der Waals surface area contributed by atoms with Crippen molar-refractivity contribution >= 4 is 17.8 Å². The number of carbonyl (C=O) groups excluding carboxylic acids is 3. The average molecular weight is 259 g/mol. The summed E-state index contributed by atoms with van der Waals surface area (Å²) < 4.78 is 9.60. The van der Waals surface area contributed by atoms with Gasteiger partial charge in [-0.3, -0.25) is 9.59 Å². The van der Waals surface area contributed by atoms with E-state index in [1.807, 2.05) is 0 Å². The van der Waals surface area contributed by atoms with Crippen LogP contribution in [0.1, 0.15) is 40.0 Å². The van der Waals surface area contributed by atoms with Crippen molar-refractivity contribution in [2.45, 2.75) is 46.1 Å². The first-order valence-corrected chi connectivity index (χ1v) is 6.16. The summed E-state index contributed by atoms with van der Waals surface area (Å²) in [6.07, 6.45) is 0.528. The Balaban J connectivity index is 4.33. The van der Waals surface area contributed by atoms with Crippen molar-refractivity contribution in [3.63, 3.8) is 0 Å². The summed E-state index contributed by atoms with van der Waals surface area (Å²) in [5, 5.41) is 2.53. The van der Waals surface area contributed by atoms with Crippen molar-refractivity contribution in [2.24, 2.45) is 0 Å². The third-order valence-electron chi connectivity index (χ3n) is 2.17. The van der Waals surface area contributed by atoms with Crippen LogP contribution in [0.4, 0.5) is 0 Å². The quantitative estimate of drug-likeness (QED) is 0.652. The molecule has 6 nitrogen and oxygen atoms in total. The summed E-state index contributed by atoms with van der Waals surface area (Å²) in [7, 11) is 0. The molecule has 1 atom stereocenters. The lowest BCUT2D eigenvalue weighted by atomic mass is 10.1. The summed E-state index contributed by atoms with van der Waals surface area (Å²) in [6, 6.07) is -0.790. The highest BCUT2D eigenvalue weighted by molar-refractivity contribution is 5.84. The van der Waals surface area contributed by atoms with Gasteiger partial charge >= 0.3 is 11.9 Å². The predicted molar refractivity (Wildman–Crippen MR) is 64.7 cm³/mol. The fraction of sp³-hybridized carbons (Fsp3) is 0.750. The molecule has 1 N–H and O–H groups in total. The van der Waals surface area contributed by atoms with E-state index in [2.05, 4.69) is 5.32 Å². The molecule has 0 heterocycles. The summed E-state index contributed by atoms with van der Waals surface area (Å²) in [4.78, 5) is 34.0. The zero-order valence-corrected chi connectivity index (χ0v) is 11.2. The Morgan fingerprint density at radius 1 is 1.06 bits per heavy atom. The van der Waals surface area contributed by atoms with Gasteiger partial charge in [-0.15, -0.1) is 0 Å². The predicted octanol–water partition coefficient (Wildman–Crippen LogP) is 0.788.